The number of urea groups is 2. The number of nitrogens with zero attached hydrogens (tertiary/aromatic N) is 6. The average Bonchev–Trinajstić information content (AvgIpc) is 4.08. The Morgan fingerprint density at radius 1 is 0.617 bits per heavy atom. The number of carbonyl (C=O) groups excluding carboxylic acids is 4. The number of nitrogens with one attached hydrogen (secondary N) is 2. The van der Waals surface area contributed by atoms with Gasteiger partial charge < -0.3 is 28.9 Å². The van der Waals surface area contributed by atoms with Crippen molar-refractivity contribution in [3.8, 4) is 0 Å². The van der Waals surface area contributed by atoms with Crippen LogP contribution in [0.1, 0.15) is 48.2 Å². The van der Waals surface area contributed by atoms with Crippen molar-refractivity contribution in [2.24, 2.45) is 0 Å². The maximum absolute atomic E-state index is 13.6. The number of likely N-dealkylation sites (tertiary alicyclic amines) is 2. The van der Waals surface area contributed by atoms with E-state index in [2.05, 4.69) is 30.4 Å². The summed E-state index contributed by atoms with van der Waals surface area (Å²) >= 11 is 26.9. The molecule has 0 aliphatic carbocycles. The summed E-state index contributed by atoms with van der Waals surface area (Å²) in [6.45, 7) is 6.69. The van der Waals surface area contributed by atoms with Gasteiger partial charge >= 0.3 is 24.0 Å². The van der Waals surface area contributed by atoms with Gasteiger partial charge in [0, 0.05) is 23.8 Å². The molecule has 60 heavy (non-hydrogen) atoms. The van der Waals surface area contributed by atoms with E-state index in [0.717, 1.165) is 61.9 Å². The van der Waals surface area contributed by atoms with E-state index in [1.165, 1.54) is 49.9 Å². The Kier molecular flexibility index (Phi) is 17.4. The van der Waals surface area contributed by atoms with Gasteiger partial charge in [0.2, 0.25) is 0 Å². The van der Waals surface area contributed by atoms with E-state index < -0.39 is 24.0 Å². The minimum Gasteiger partial charge on any atom is -0.374 e. The lowest BCUT2D eigenvalue weighted by atomic mass is 10.2. The first-order chi connectivity index (χ1) is 29.0. The molecule has 0 bridgehead atoms. The van der Waals surface area contributed by atoms with Crippen LogP contribution in [-0.2, 0) is 55.0 Å². The highest BCUT2D eigenvalue weighted by Gasteiger charge is 2.31. The lowest BCUT2D eigenvalue weighted by Gasteiger charge is -2.23. The first-order valence-electron chi connectivity index (χ1n) is 19.0. The highest BCUT2D eigenvalue weighted by atomic mass is 35.5. The highest BCUT2D eigenvalue weighted by molar-refractivity contribution is 7.14. The number of benzene rings is 2. The van der Waals surface area contributed by atoms with Crippen molar-refractivity contribution < 1.29 is 38.3 Å². The van der Waals surface area contributed by atoms with Crippen LogP contribution in [0.4, 0.5) is 19.9 Å². The Labute approximate surface area is 374 Å². The molecule has 0 saturated carbocycles. The molecule has 4 aromatic rings. The SMILES string of the molecule is O=C(ON(Cc1ccc(Cl)c(Cl)c1)C(=O)Nc1nc(COCCN2CCCC2)cs1)C(=O)ON(Cc1ccc(Cl)c(Cl)c1)C(=O)Nc1nc(COCCN2CCCC2)cs1. The molecule has 2 fully saturated rings. The largest absolute Gasteiger partial charge is 0.444 e. The number of amides is 4. The zero-order valence-corrected chi connectivity index (χ0v) is 36.9. The lowest BCUT2D eigenvalue weighted by Crippen LogP contribution is -2.42. The van der Waals surface area contributed by atoms with E-state index >= 15 is 0 Å². The molecule has 4 amide bonds. The summed E-state index contributed by atoms with van der Waals surface area (Å²) in [5, 5.41) is 11.0. The summed E-state index contributed by atoms with van der Waals surface area (Å²) in [6.07, 6.45) is 4.75. The van der Waals surface area contributed by atoms with Crippen LogP contribution >= 0.6 is 69.1 Å². The normalized spacial score (nSPS) is 14.3. The molecule has 0 unspecified atom stereocenters. The number of hydrogen-bond donors (Lipinski definition) is 2. The maximum atomic E-state index is 13.6. The second-order valence-electron chi connectivity index (χ2n) is 13.7. The van der Waals surface area contributed by atoms with Gasteiger partial charge in [0.25, 0.3) is 0 Å². The zero-order valence-electron chi connectivity index (χ0n) is 32.2. The molecule has 16 nitrogen and oxygen atoms in total. The van der Waals surface area contributed by atoms with Gasteiger partial charge in [0.1, 0.15) is 0 Å². The lowest BCUT2D eigenvalue weighted by molar-refractivity contribution is -0.205. The van der Waals surface area contributed by atoms with Crippen molar-refractivity contribution >= 4 is 103 Å². The van der Waals surface area contributed by atoms with Crippen molar-refractivity contribution in [3.05, 3.63) is 89.8 Å². The van der Waals surface area contributed by atoms with Gasteiger partial charge in [-0.3, -0.25) is 10.6 Å². The number of aromatic nitrogens is 2. The number of ether oxygens (including phenoxy) is 2. The van der Waals surface area contributed by atoms with Crippen molar-refractivity contribution in [1.82, 2.24) is 29.9 Å². The van der Waals surface area contributed by atoms with Crippen LogP contribution in [0.2, 0.25) is 20.1 Å². The predicted octanol–water partition coefficient (Wildman–Crippen LogP) is 8.12. The van der Waals surface area contributed by atoms with Crippen molar-refractivity contribution in [3.63, 3.8) is 0 Å². The molecule has 0 radical (unpaired) electrons. The number of carbonyl (C=O) groups is 4. The first kappa shape index (κ1) is 45.7. The van der Waals surface area contributed by atoms with Gasteiger partial charge in [-0.25, -0.2) is 29.1 Å². The number of thiazole rings is 2. The maximum Gasteiger partial charge on any atom is 0.444 e. The van der Waals surface area contributed by atoms with Gasteiger partial charge in [-0.2, -0.15) is 0 Å². The van der Waals surface area contributed by atoms with Crippen LogP contribution in [-0.4, -0.2) is 106 Å². The van der Waals surface area contributed by atoms with Crippen molar-refractivity contribution in [2.75, 3.05) is 63.1 Å². The Balaban J connectivity index is 1.09. The fraction of sp³-hybridized carbons (Fsp3) is 0.421. The second kappa shape index (κ2) is 22.9. The third-order valence-corrected chi connectivity index (χ3v) is 12.2. The van der Waals surface area contributed by atoms with Gasteiger partial charge in [0.15, 0.2) is 10.3 Å². The van der Waals surface area contributed by atoms with Crippen LogP contribution < -0.4 is 10.6 Å². The molecule has 4 heterocycles. The van der Waals surface area contributed by atoms with Crippen LogP contribution in [0.15, 0.2) is 47.2 Å². The number of hydrogen-bond acceptors (Lipinski definition) is 14. The molecule has 6 rings (SSSR count). The Morgan fingerprint density at radius 2 is 1.02 bits per heavy atom. The molecular weight excluding hydrogens is 902 g/mol. The van der Waals surface area contributed by atoms with Gasteiger partial charge in [-0.05, 0) is 87.3 Å². The number of hydroxylamine groups is 4. The van der Waals surface area contributed by atoms with Crippen LogP contribution in [0.25, 0.3) is 0 Å². The number of rotatable bonds is 16. The van der Waals surface area contributed by atoms with Crippen LogP contribution in [0, 0.1) is 0 Å². The van der Waals surface area contributed by atoms with Gasteiger partial charge in [-0.1, -0.05) is 58.5 Å². The zero-order chi connectivity index (χ0) is 42.4. The summed E-state index contributed by atoms with van der Waals surface area (Å²) in [5.41, 5.74) is 1.97. The Hall–Kier alpha value is -3.82. The van der Waals surface area contributed by atoms with Gasteiger partial charge in [-0.15, -0.1) is 32.8 Å². The fourth-order valence-electron chi connectivity index (χ4n) is 6.10. The summed E-state index contributed by atoms with van der Waals surface area (Å²) < 4.78 is 11.5. The fourth-order valence-corrected chi connectivity index (χ4v) is 8.11. The van der Waals surface area contributed by atoms with E-state index in [0.29, 0.717) is 45.9 Å². The van der Waals surface area contributed by atoms with Gasteiger partial charge in [0.05, 0.1) is 71.0 Å². The van der Waals surface area contributed by atoms with E-state index in [1.54, 1.807) is 22.9 Å². The van der Waals surface area contributed by atoms with E-state index in [9.17, 15) is 19.2 Å². The highest BCUT2D eigenvalue weighted by Crippen LogP contribution is 2.26. The van der Waals surface area contributed by atoms with Crippen LogP contribution in [0.5, 0.6) is 0 Å². The molecule has 2 saturated heterocycles. The van der Waals surface area contributed by atoms with Crippen LogP contribution in [0.3, 0.4) is 0 Å². The molecular formula is C38H42Cl4N8O8S2. The molecule has 0 atom stereocenters. The summed E-state index contributed by atoms with van der Waals surface area (Å²) in [4.78, 5) is 77.8. The minimum absolute atomic E-state index is 0.177. The molecule has 2 aliphatic rings. The number of halogens is 4. The molecule has 2 aromatic carbocycles. The van der Waals surface area contributed by atoms with E-state index in [-0.39, 0.29) is 56.7 Å². The monoisotopic (exact) mass is 942 g/mol. The molecule has 322 valence electrons. The second-order valence-corrected chi connectivity index (χ2v) is 17.0. The summed E-state index contributed by atoms with van der Waals surface area (Å²) in [6, 6.07) is 7.11. The van der Waals surface area contributed by atoms with Crippen molar-refractivity contribution in [1.29, 1.82) is 0 Å². The molecule has 2 aliphatic heterocycles. The third-order valence-electron chi connectivity index (χ3n) is 9.16. The first-order valence-corrected chi connectivity index (χ1v) is 22.2. The molecule has 22 heteroatoms. The van der Waals surface area contributed by atoms with E-state index in [1.807, 2.05) is 0 Å². The minimum atomic E-state index is -1.63. The topological polar surface area (TPSA) is 168 Å². The molecule has 2 N–H and O–H groups in total. The predicted molar refractivity (Wildman–Crippen MR) is 229 cm³/mol. The third kappa shape index (κ3) is 14.1. The Bertz CT molecular complexity index is 1950. The molecule has 0 spiro atoms. The van der Waals surface area contributed by atoms with E-state index in [4.69, 9.17) is 65.6 Å². The summed E-state index contributed by atoms with van der Waals surface area (Å²) in [7, 11) is 0. The summed E-state index contributed by atoms with van der Waals surface area (Å²) in [5.74, 6) is -3.27. The standard InChI is InChI=1S/C38H42Cl4N8O8S2/c39-29-7-5-25(17-31(29)41)19-49(37(53)45-35-43-27(23-59-35)21-55-15-13-47-9-1-2-10-47)57-33(51)34(52)58-50(20-26-6-8-30(40)32(42)18-26)38(54)46-36-44-28(24-60-36)22-56-16-14-48-11-3-4-12-48/h5-8,17-18,23-24H,1-4,9-16,19-22H2,(H,43,45,53)(H,44,46,54). The number of anilines is 2. The quantitative estimate of drug-likeness (QED) is 0.0630. The molecule has 2 aromatic heterocycles. The average molecular weight is 945 g/mol. The Morgan fingerprint density at radius 3 is 1.40 bits per heavy atom. The van der Waals surface area contributed by atoms with Crippen molar-refractivity contribution in [2.45, 2.75) is 52.0 Å². The smallest absolute Gasteiger partial charge is 0.374 e.